The minimum Gasteiger partial charge on any atom is -0.444 e. The highest BCUT2D eigenvalue weighted by molar-refractivity contribution is 6.08. The van der Waals surface area contributed by atoms with Crippen molar-refractivity contribution < 1.29 is 19.1 Å². The van der Waals surface area contributed by atoms with Gasteiger partial charge in [0.25, 0.3) is 11.6 Å². The topological polar surface area (TPSA) is 67.9 Å². The number of terminal acetylenes is 1. The molecule has 1 atom stereocenters. The minimum atomic E-state index is -1.75. The van der Waals surface area contributed by atoms with E-state index in [1.807, 2.05) is 42.5 Å². The van der Waals surface area contributed by atoms with Gasteiger partial charge in [-0.15, -0.1) is 6.42 Å². The van der Waals surface area contributed by atoms with Crippen LogP contribution in [0.3, 0.4) is 0 Å². The molecule has 0 fully saturated rings. The van der Waals surface area contributed by atoms with Gasteiger partial charge in [-0.25, -0.2) is 4.79 Å². The van der Waals surface area contributed by atoms with E-state index in [-0.39, 0.29) is 6.61 Å². The van der Waals surface area contributed by atoms with Gasteiger partial charge in [0.2, 0.25) is 0 Å². The summed E-state index contributed by atoms with van der Waals surface area (Å²) < 4.78 is 11.2. The number of nitrogens with one attached hydrogen (secondary N) is 1. The van der Waals surface area contributed by atoms with Crippen molar-refractivity contribution in [2.24, 2.45) is 0 Å². The van der Waals surface area contributed by atoms with Crippen LogP contribution in [0.4, 0.5) is 10.5 Å². The lowest BCUT2D eigenvalue weighted by Gasteiger charge is -2.30. The first-order valence-electron chi connectivity index (χ1n) is 9.31. The number of hydrogen-bond acceptors (Lipinski definition) is 4. The van der Waals surface area contributed by atoms with Crippen LogP contribution in [0.2, 0.25) is 0 Å². The number of nitrogens with zero attached hydrogens (tertiary/aromatic N) is 1. The summed E-state index contributed by atoms with van der Waals surface area (Å²) >= 11 is 0. The van der Waals surface area contributed by atoms with Crippen LogP contribution in [0.15, 0.2) is 54.6 Å². The molecule has 2 aromatic rings. The van der Waals surface area contributed by atoms with Crippen LogP contribution in [0.25, 0.3) is 0 Å². The molecule has 0 bridgehead atoms. The average Bonchev–Trinajstić information content (AvgIpc) is 2.89. The standard InChI is InChI=1S/C23H24N2O4/c1-5-15-28-23(24-21(27)29-22(2,3)4)18-13-9-10-14-19(18)25(20(23)26)16-17-11-7-6-8-12-17/h1,6-14H,15-16H2,2-4H3,(H,24,27)/t23-/m1/s1. The van der Waals surface area contributed by atoms with Crippen LogP contribution in [0, 0.1) is 12.3 Å². The Morgan fingerprint density at radius 2 is 1.79 bits per heavy atom. The van der Waals surface area contributed by atoms with Crippen molar-refractivity contribution in [2.45, 2.75) is 38.6 Å². The van der Waals surface area contributed by atoms with Gasteiger partial charge in [-0.05, 0) is 32.4 Å². The van der Waals surface area contributed by atoms with Gasteiger partial charge in [-0.3, -0.25) is 10.1 Å². The van der Waals surface area contributed by atoms with E-state index in [1.54, 1.807) is 37.8 Å². The van der Waals surface area contributed by atoms with Crippen molar-refractivity contribution in [3.8, 4) is 12.3 Å². The molecule has 29 heavy (non-hydrogen) atoms. The maximum Gasteiger partial charge on any atom is 0.410 e. The van der Waals surface area contributed by atoms with Crippen molar-refractivity contribution >= 4 is 17.7 Å². The Labute approximate surface area is 170 Å². The highest BCUT2D eigenvalue weighted by atomic mass is 16.6. The first-order chi connectivity index (χ1) is 13.8. The van der Waals surface area contributed by atoms with Crippen LogP contribution < -0.4 is 10.2 Å². The normalized spacial score (nSPS) is 18.1. The minimum absolute atomic E-state index is 0.158. The highest BCUT2D eigenvalue weighted by Gasteiger charge is 2.54. The quantitative estimate of drug-likeness (QED) is 0.624. The third-order valence-corrected chi connectivity index (χ3v) is 4.35. The first kappa shape index (κ1) is 20.4. The molecule has 0 radical (unpaired) electrons. The molecule has 3 rings (SSSR count). The van der Waals surface area contributed by atoms with Crippen LogP contribution in [-0.4, -0.2) is 24.2 Å². The number of fused-ring (bicyclic) bond motifs is 1. The van der Waals surface area contributed by atoms with Gasteiger partial charge >= 0.3 is 6.09 Å². The van der Waals surface area contributed by atoms with Crippen LogP contribution >= 0.6 is 0 Å². The van der Waals surface area contributed by atoms with Gasteiger partial charge in [0.15, 0.2) is 0 Å². The number of benzene rings is 2. The summed E-state index contributed by atoms with van der Waals surface area (Å²) in [6, 6.07) is 16.7. The number of rotatable bonds is 5. The predicted octanol–water partition coefficient (Wildman–Crippen LogP) is 3.56. The van der Waals surface area contributed by atoms with Crippen LogP contribution in [0.1, 0.15) is 31.9 Å². The third-order valence-electron chi connectivity index (χ3n) is 4.35. The molecular formula is C23H24N2O4. The predicted molar refractivity (Wildman–Crippen MR) is 110 cm³/mol. The number of ether oxygens (including phenoxy) is 2. The Kier molecular flexibility index (Phi) is 5.62. The summed E-state index contributed by atoms with van der Waals surface area (Å²) in [6.45, 7) is 5.40. The number of anilines is 1. The molecule has 0 saturated heterocycles. The first-order valence-corrected chi connectivity index (χ1v) is 9.31. The Hall–Kier alpha value is -3.30. The zero-order chi connectivity index (χ0) is 21.1. The fourth-order valence-electron chi connectivity index (χ4n) is 3.24. The molecule has 6 nitrogen and oxygen atoms in total. The van der Waals surface area contributed by atoms with Gasteiger partial charge in [0.1, 0.15) is 12.2 Å². The lowest BCUT2D eigenvalue weighted by atomic mass is 10.0. The number of carbonyl (C=O) groups is 2. The molecule has 2 amide bonds. The average molecular weight is 392 g/mol. The summed E-state index contributed by atoms with van der Waals surface area (Å²) in [5, 5.41) is 2.64. The molecule has 150 valence electrons. The van der Waals surface area contributed by atoms with E-state index in [4.69, 9.17) is 15.9 Å². The number of carbonyl (C=O) groups excluding carboxylic acids is 2. The Balaban J connectivity index is 2.02. The second-order valence-electron chi connectivity index (χ2n) is 7.69. The van der Waals surface area contributed by atoms with Gasteiger partial charge in [-0.1, -0.05) is 54.5 Å². The SMILES string of the molecule is C#CCO[C@@]1(NC(=O)OC(C)(C)C)C(=O)N(Cc2ccccc2)c2ccccc21. The van der Waals surface area contributed by atoms with E-state index in [0.717, 1.165) is 5.56 Å². The Bertz CT molecular complexity index is 943. The van der Waals surface area contributed by atoms with E-state index in [0.29, 0.717) is 17.8 Å². The number of alkyl carbamates (subject to hydrolysis) is 1. The molecular weight excluding hydrogens is 368 g/mol. The zero-order valence-electron chi connectivity index (χ0n) is 16.8. The summed E-state index contributed by atoms with van der Waals surface area (Å²) in [5.74, 6) is 1.94. The molecule has 0 aliphatic carbocycles. The van der Waals surface area contributed by atoms with Crippen molar-refractivity contribution in [1.82, 2.24) is 5.32 Å². The smallest absolute Gasteiger partial charge is 0.410 e. The summed E-state index contributed by atoms with van der Waals surface area (Å²) in [7, 11) is 0. The summed E-state index contributed by atoms with van der Waals surface area (Å²) in [4.78, 5) is 27.7. The van der Waals surface area contributed by atoms with Gasteiger partial charge in [0.05, 0.1) is 12.2 Å². The van der Waals surface area contributed by atoms with Gasteiger partial charge in [0, 0.05) is 5.56 Å². The van der Waals surface area contributed by atoms with Crippen LogP contribution in [0.5, 0.6) is 0 Å². The third kappa shape index (κ3) is 4.25. The van der Waals surface area contributed by atoms with Crippen molar-refractivity contribution in [3.05, 3.63) is 65.7 Å². The molecule has 1 N–H and O–H groups in total. The largest absolute Gasteiger partial charge is 0.444 e. The second-order valence-corrected chi connectivity index (χ2v) is 7.69. The van der Waals surface area contributed by atoms with E-state index in [9.17, 15) is 9.59 Å². The van der Waals surface area contributed by atoms with Gasteiger partial charge in [-0.2, -0.15) is 0 Å². The lowest BCUT2D eigenvalue weighted by Crippen LogP contribution is -2.55. The molecule has 0 saturated carbocycles. The fraction of sp³-hybridized carbons (Fsp3) is 0.304. The maximum atomic E-state index is 13.6. The molecule has 0 unspecified atom stereocenters. The van der Waals surface area contributed by atoms with E-state index >= 15 is 0 Å². The number of amides is 2. The van der Waals surface area contributed by atoms with E-state index in [1.165, 1.54) is 0 Å². The fourth-order valence-corrected chi connectivity index (χ4v) is 3.24. The highest BCUT2D eigenvalue weighted by Crippen LogP contribution is 2.42. The van der Waals surface area contributed by atoms with Crippen molar-refractivity contribution in [3.63, 3.8) is 0 Å². The number of hydrogen-bond donors (Lipinski definition) is 1. The Morgan fingerprint density at radius 3 is 2.45 bits per heavy atom. The van der Waals surface area contributed by atoms with Gasteiger partial charge < -0.3 is 14.4 Å². The molecule has 0 spiro atoms. The molecule has 0 aromatic heterocycles. The molecule has 6 heteroatoms. The molecule has 2 aromatic carbocycles. The summed E-state index contributed by atoms with van der Waals surface area (Å²) in [6.07, 6.45) is 4.61. The Morgan fingerprint density at radius 1 is 1.14 bits per heavy atom. The molecule has 1 aliphatic heterocycles. The molecule has 1 aliphatic rings. The monoisotopic (exact) mass is 392 g/mol. The van der Waals surface area contributed by atoms with Crippen LogP contribution in [-0.2, 0) is 26.5 Å². The van der Waals surface area contributed by atoms with Crippen molar-refractivity contribution in [2.75, 3.05) is 11.5 Å². The summed E-state index contributed by atoms with van der Waals surface area (Å²) in [5.41, 5.74) is -0.375. The maximum absolute atomic E-state index is 13.6. The molecule has 1 heterocycles. The van der Waals surface area contributed by atoms with Crippen molar-refractivity contribution in [1.29, 1.82) is 0 Å². The van der Waals surface area contributed by atoms with E-state index < -0.39 is 23.3 Å². The lowest BCUT2D eigenvalue weighted by molar-refractivity contribution is -0.146. The zero-order valence-corrected chi connectivity index (χ0v) is 16.8. The van der Waals surface area contributed by atoms with E-state index in [2.05, 4.69) is 11.2 Å². The number of para-hydroxylation sites is 1. The second kappa shape index (κ2) is 7.98.